The molecule has 0 N–H and O–H groups in total. The minimum Gasteiger partial charge on any atom is -0.311 e. The van der Waals surface area contributed by atoms with E-state index in [9.17, 15) is 0 Å². The predicted octanol–water partition coefficient (Wildman–Crippen LogP) is 15.9. The molecule has 9 aromatic rings. The van der Waals surface area contributed by atoms with Gasteiger partial charge in [-0.25, -0.2) is 0 Å². The van der Waals surface area contributed by atoms with Gasteiger partial charge in [0.15, 0.2) is 0 Å². The Hall–Kier alpha value is -7.68. The number of benzene rings is 9. The smallest absolute Gasteiger partial charge is 0.0468 e. The van der Waals surface area contributed by atoms with Gasteiger partial charge in [0, 0.05) is 34.1 Å². The highest BCUT2D eigenvalue weighted by Gasteiger charge is 2.16. The van der Waals surface area contributed by atoms with Crippen LogP contribution in [0, 0.1) is 0 Å². The van der Waals surface area contributed by atoms with E-state index in [1.54, 1.807) is 0 Å². The van der Waals surface area contributed by atoms with Gasteiger partial charge in [-0.15, -0.1) is 0 Å². The van der Waals surface area contributed by atoms with E-state index in [0.29, 0.717) is 0 Å². The maximum atomic E-state index is 4.13. The summed E-state index contributed by atoms with van der Waals surface area (Å²) in [6.45, 7) is 8.09. The molecule has 0 unspecified atom stereocenters. The van der Waals surface area contributed by atoms with E-state index in [1.165, 1.54) is 38.2 Å². The van der Waals surface area contributed by atoms with E-state index in [2.05, 4.69) is 235 Å². The molecule has 0 aliphatic carbocycles. The Morgan fingerprint density at radius 2 is 0.741 bits per heavy atom. The van der Waals surface area contributed by atoms with Crippen molar-refractivity contribution in [1.29, 1.82) is 0 Å². The molecule has 0 amide bonds. The van der Waals surface area contributed by atoms with E-state index >= 15 is 0 Å². The van der Waals surface area contributed by atoms with Crippen LogP contribution in [-0.4, -0.2) is 0 Å². The lowest BCUT2D eigenvalue weighted by atomic mass is 9.98. The number of anilines is 5. The summed E-state index contributed by atoms with van der Waals surface area (Å²) in [4.78, 5) is 4.56. The molecule has 0 saturated heterocycles. The predicted molar refractivity (Wildman–Crippen MR) is 250 cm³/mol. The summed E-state index contributed by atoms with van der Waals surface area (Å²) in [5.74, 6) is 0. The Balaban J connectivity index is 1.02. The summed E-state index contributed by atoms with van der Waals surface area (Å²) in [6.07, 6.45) is 5.68. The molecule has 0 aromatic heterocycles. The Morgan fingerprint density at radius 1 is 0.328 bits per heavy atom. The van der Waals surface area contributed by atoms with Crippen LogP contribution >= 0.6 is 0 Å². The van der Waals surface area contributed by atoms with Crippen molar-refractivity contribution in [3.63, 3.8) is 0 Å². The van der Waals surface area contributed by atoms with Crippen molar-refractivity contribution >= 4 is 50.0 Å². The number of nitrogens with zero attached hydrogens (tertiary/aromatic N) is 2. The second-order valence-corrected chi connectivity index (χ2v) is 14.4. The summed E-state index contributed by atoms with van der Waals surface area (Å²) in [5, 5.41) is 4.83. The van der Waals surface area contributed by atoms with E-state index < -0.39 is 0 Å². The first-order valence-corrected chi connectivity index (χ1v) is 19.6. The standard InChI is InChI=1S/C56H42N2/c1-3-13-51(4-2)57(55-36-28-42-16-8-10-18-49(42)39-55)52-32-24-45(25-33-52)47-20-12-21-48(38-47)46-26-34-54(35-27-46)58(56-37-29-43-17-9-11-19-50(43)40-56)53-30-22-44(23-31-53)41-14-6-5-7-15-41/h3-40H,1-2H2/b51-13+. The van der Waals surface area contributed by atoms with Crippen molar-refractivity contribution in [2.24, 2.45) is 0 Å². The monoisotopic (exact) mass is 742 g/mol. The third-order valence-corrected chi connectivity index (χ3v) is 10.8. The summed E-state index contributed by atoms with van der Waals surface area (Å²) >= 11 is 0. The van der Waals surface area contributed by atoms with Gasteiger partial charge in [0.25, 0.3) is 0 Å². The molecule has 0 spiro atoms. The molecule has 0 radical (unpaired) electrons. The van der Waals surface area contributed by atoms with Crippen molar-refractivity contribution in [1.82, 2.24) is 0 Å². The van der Waals surface area contributed by atoms with E-state index in [0.717, 1.165) is 50.8 Å². The van der Waals surface area contributed by atoms with Gasteiger partial charge in [-0.2, -0.15) is 0 Å². The van der Waals surface area contributed by atoms with Crippen molar-refractivity contribution in [2.45, 2.75) is 0 Å². The molecular weight excluding hydrogens is 701 g/mol. The third-order valence-electron chi connectivity index (χ3n) is 10.8. The zero-order chi connectivity index (χ0) is 39.3. The molecule has 0 fully saturated rings. The van der Waals surface area contributed by atoms with Crippen LogP contribution in [0.1, 0.15) is 0 Å². The lowest BCUT2D eigenvalue weighted by Crippen LogP contribution is -2.14. The fourth-order valence-electron chi connectivity index (χ4n) is 7.80. The van der Waals surface area contributed by atoms with Gasteiger partial charge in [0.05, 0.1) is 0 Å². The fourth-order valence-corrected chi connectivity index (χ4v) is 7.80. The first kappa shape index (κ1) is 36.0. The Kier molecular flexibility index (Phi) is 10.0. The van der Waals surface area contributed by atoms with Crippen LogP contribution in [0.15, 0.2) is 249 Å². The van der Waals surface area contributed by atoms with Gasteiger partial charge in [-0.1, -0.05) is 165 Å². The fraction of sp³-hybridized carbons (Fsp3) is 0. The molecule has 0 bridgehead atoms. The number of hydrogen-bond acceptors (Lipinski definition) is 2. The van der Waals surface area contributed by atoms with Crippen molar-refractivity contribution in [3.05, 3.63) is 249 Å². The number of allylic oxidation sites excluding steroid dienone is 3. The van der Waals surface area contributed by atoms with Crippen molar-refractivity contribution < 1.29 is 0 Å². The SMILES string of the molecule is C=C/C=C(\C=C)N(c1ccc(-c2cccc(-c3ccc(N(c4ccc(-c5ccccc5)cc4)c4ccc5ccccc5c4)cc3)c2)cc1)c1ccc2ccccc2c1. The largest absolute Gasteiger partial charge is 0.311 e. The van der Waals surface area contributed by atoms with Gasteiger partial charge in [-0.05, 0) is 134 Å². The van der Waals surface area contributed by atoms with Crippen LogP contribution in [-0.2, 0) is 0 Å². The maximum Gasteiger partial charge on any atom is 0.0468 e. The lowest BCUT2D eigenvalue weighted by molar-refractivity contribution is 1.21. The highest BCUT2D eigenvalue weighted by molar-refractivity contribution is 5.91. The van der Waals surface area contributed by atoms with E-state index in [4.69, 9.17) is 0 Å². The first-order chi connectivity index (χ1) is 28.6. The lowest BCUT2D eigenvalue weighted by Gasteiger charge is -2.27. The zero-order valence-electron chi connectivity index (χ0n) is 32.2. The second-order valence-electron chi connectivity index (χ2n) is 14.4. The second kappa shape index (κ2) is 16.2. The molecule has 0 saturated carbocycles. The van der Waals surface area contributed by atoms with Crippen molar-refractivity contribution in [2.75, 3.05) is 9.80 Å². The molecule has 0 heterocycles. The molecule has 0 aliphatic rings. The van der Waals surface area contributed by atoms with Gasteiger partial charge < -0.3 is 9.80 Å². The van der Waals surface area contributed by atoms with Gasteiger partial charge in [0.2, 0.25) is 0 Å². The molecule has 9 aromatic carbocycles. The van der Waals surface area contributed by atoms with Crippen LogP contribution in [0.25, 0.3) is 54.9 Å². The molecule has 2 heteroatoms. The molecule has 9 rings (SSSR count). The normalized spacial score (nSPS) is 11.3. The minimum absolute atomic E-state index is 0.951. The average Bonchev–Trinajstić information content (AvgIpc) is 3.30. The Morgan fingerprint density at radius 3 is 1.28 bits per heavy atom. The van der Waals surface area contributed by atoms with Crippen molar-refractivity contribution in [3.8, 4) is 33.4 Å². The van der Waals surface area contributed by atoms with Gasteiger partial charge >= 0.3 is 0 Å². The minimum atomic E-state index is 0.951. The van der Waals surface area contributed by atoms with E-state index in [-0.39, 0.29) is 0 Å². The summed E-state index contributed by atoms with van der Waals surface area (Å²) in [7, 11) is 0. The zero-order valence-corrected chi connectivity index (χ0v) is 32.2. The molecule has 0 atom stereocenters. The van der Waals surface area contributed by atoms with Crippen LogP contribution < -0.4 is 9.80 Å². The molecule has 0 aliphatic heterocycles. The number of fused-ring (bicyclic) bond motifs is 2. The quantitative estimate of drug-likeness (QED) is 0.122. The molecule has 58 heavy (non-hydrogen) atoms. The number of hydrogen-bond donors (Lipinski definition) is 0. The average molecular weight is 743 g/mol. The number of rotatable bonds is 11. The van der Waals surface area contributed by atoms with Crippen LogP contribution in [0.4, 0.5) is 28.4 Å². The topological polar surface area (TPSA) is 6.48 Å². The van der Waals surface area contributed by atoms with E-state index in [1.807, 2.05) is 18.2 Å². The Bertz CT molecular complexity index is 2900. The summed E-state index contributed by atoms with van der Waals surface area (Å²) in [6, 6.07) is 76.1. The molecule has 2 nitrogen and oxygen atoms in total. The summed E-state index contributed by atoms with van der Waals surface area (Å²) < 4.78 is 0. The van der Waals surface area contributed by atoms with Crippen LogP contribution in [0.5, 0.6) is 0 Å². The Labute approximate surface area is 341 Å². The van der Waals surface area contributed by atoms with Crippen LogP contribution in [0.2, 0.25) is 0 Å². The summed E-state index contributed by atoms with van der Waals surface area (Å²) in [5.41, 5.74) is 13.4. The molecular formula is C56H42N2. The highest BCUT2D eigenvalue weighted by Crippen LogP contribution is 2.39. The first-order valence-electron chi connectivity index (χ1n) is 19.6. The van der Waals surface area contributed by atoms with Gasteiger partial charge in [0.1, 0.15) is 0 Å². The molecule has 276 valence electrons. The highest BCUT2D eigenvalue weighted by atomic mass is 15.1. The van der Waals surface area contributed by atoms with Crippen LogP contribution in [0.3, 0.4) is 0 Å². The maximum absolute atomic E-state index is 4.13. The third kappa shape index (κ3) is 7.35. The van der Waals surface area contributed by atoms with Gasteiger partial charge in [-0.3, -0.25) is 0 Å².